The third kappa shape index (κ3) is 5.02. The van der Waals surface area contributed by atoms with Gasteiger partial charge in [0.2, 0.25) is 0 Å². The van der Waals surface area contributed by atoms with Gasteiger partial charge < -0.3 is 19.2 Å². The number of hydrogen-bond donors (Lipinski definition) is 1. The minimum absolute atomic E-state index is 0.0339. The molecule has 1 aliphatic rings. The van der Waals surface area contributed by atoms with Crippen LogP contribution in [-0.4, -0.2) is 46.6 Å². The van der Waals surface area contributed by atoms with E-state index in [9.17, 15) is 9.59 Å². The fraction of sp³-hybridized carbons (Fsp3) is 0.423. The Labute approximate surface area is 220 Å². The lowest BCUT2D eigenvalue weighted by Gasteiger charge is -2.39. The summed E-state index contributed by atoms with van der Waals surface area (Å²) in [6.45, 7) is 8.57. The molecule has 190 valence electrons. The number of carbonyl (C=O) groups is 1. The van der Waals surface area contributed by atoms with Crippen LogP contribution in [0.4, 0.5) is 0 Å². The summed E-state index contributed by atoms with van der Waals surface area (Å²) >= 11 is 7.46. The predicted octanol–water partition coefficient (Wildman–Crippen LogP) is 6.27. The third-order valence-corrected chi connectivity index (χ3v) is 9.66. The number of amides is 1. The zero-order valence-electron chi connectivity index (χ0n) is 20.8. The third-order valence-electron chi connectivity index (χ3n) is 6.73. The van der Waals surface area contributed by atoms with Crippen LogP contribution in [0.2, 0.25) is 30.0 Å². The normalized spacial score (nSPS) is 16.8. The highest BCUT2D eigenvalue weighted by Gasteiger charge is 2.32. The highest BCUT2D eigenvalue weighted by Crippen LogP contribution is 2.35. The molecule has 1 amide bonds. The topological polar surface area (TPSA) is 80.2 Å². The lowest BCUT2D eigenvalue weighted by atomic mass is 10.0. The Kier molecular flexibility index (Phi) is 7.09. The summed E-state index contributed by atoms with van der Waals surface area (Å²) in [5, 5.41) is 1.41. The van der Waals surface area contributed by atoms with Crippen molar-refractivity contribution in [3.63, 3.8) is 0 Å². The summed E-state index contributed by atoms with van der Waals surface area (Å²) in [5.41, 5.74) is 2.21. The molecule has 0 aliphatic carbocycles. The lowest BCUT2D eigenvalue weighted by molar-refractivity contribution is 0.0478. The molecule has 0 radical (unpaired) electrons. The van der Waals surface area contributed by atoms with Gasteiger partial charge in [0.15, 0.2) is 5.43 Å². The molecule has 4 aromatic rings. The second-order valence-electron chi connectivity index (χ2n) is 10.6. The van der Waals surface area contributed by atoms with Gasteiger partial charge in [-0.2, -0.15) is 0 Å². The van der Waals surface area contributed by atoms with Gasteiger partial charge in [0, 0.05) is 50.8 Å². The Balaban J connectivity index is 1.64. The first-order valence-electron chi connectivity index (χ1n) is 12.4. The van der Waals surface area contributed by atoms with Crippen LogP contribution in [-0.2, 0) is 11.3 Å². The number of fused-ring (bicyclic) bond motifs is 3. The molecule has 0 saturated carbocycles. The van der Waals surface area contributed by atoms with Crippen LogP contribution < -0.4 is 5.43 Å². The smallest absolute Gasteiger partial charge is 0.265 e. The molecule has 1 aliphatic heterocycles. The largest absolute Gasteiger partial charge is 0.376 e. The standard InChI is InChI=1S/C26H31ClN4O3SSi/c1-36(2,3)13-12-34-16-17-14-20(32)19-15-29-25-18(9-10-28-25)24(19)31(17)23-6-4-5-11-30(23)26(33)21-7-8-22(27)35-21/h7-10,14-15,23H,4-6,11-13,16H2,1-3H3,(H,28,29). The van der Waals surface area contributed by atoms with Crippen LogP contribution >= 0.6 is 22.9 Å². The van der Waals surface area contributed by atoms with Gasteiger partial charge in [0.25, 0.3) is 5.91 Å². The minimum atomic E-state index is -1.25. The molecular formula is C26H31ClN4O3SSi. The molecule has 0 spiro atoms. The van der Waals surface area contributed by atoms with Crippen molar-refractivity contribution in [1.82, 2.24) is 19.4 Å². The summed E-state index contributed by atoms with van der Waals surface area (Å²) in [7, 11) is -1.25. The quantitative estimate of drug-likeness (QED) is 0.220. The van der Waals surface area contributed by atoms with Gasteiger partial charge in [-0.25, -0.2) is 4.98 Å². The van der Waals surface area contributed by atoms with Gasteiger partial charge in [0.1, 0.15) is 11.8 Å². The van der Waals surface area contributed by atoms with Crippen molar-refractivity contribution in [2.75, 3.05) is 13.2 Å². The Morgan fingerprint density at radius 3 is 2.83 bits per heavy atom. The molecule has 5 heterocycles. The number of halogens is 1. The minimum Gasteiger partial charge on any atom is -0.376 e. The second-order valence-corrected chi connectivity index (χ2v) is 17.9. The summed E-state index contributed by atoms with van der Waals surface area (Å²) in [4.78, 5) is 37.1. The molecule has 0 aromatic carbocycles. The van der Waals surface area contributed by atoms with Gasteiger partial charge in [-0.15, -0.1) is 11.3 Å². The molecule has 1 N–H and O–H groups in total. The maximum atomic E-state index is 13.7. The number of piperidine rings is 1. The van der Waals surface area contributed by atoms with E-state index in [4.69, 9.17) is 16.3 Å². The first-order valence-corrected chi connectivity index (χ1v) is 17.3. The number of ether oxygens (including phenoxy) is 1. The van der Waals surface area contributed by atoms with Crippen LogP contribution in [0.5, 0.6) is 0 Å². The summed E-state index contributed by atoms with van der Waals surface area (Å²) < 4.78 is 8.90. The number of nitrogens with zero attached hydrogens (tertiary/aromatic N) is 3. The van der Waals surface area contributed by atoms with Gasteiger partial charge in [0.05, 0.1) is 26.7 Å². The SMILES string of the molecule is C[Si](C)(C)CCOCc1cc(=O)c2cnc3[nH]ccc3c2n1C1CCCCN1C(=O)c1ccc(Cl)s1. The number of H-pyrrole nitrogens is 1. The van der Waals surface area contributed by atoms with E-state index in [-0.39, 0.29) is 17.5 Å². The van der Waals surface area contributed by atoms with Crippen LogP contribution in [0.3, 0.4) is 0 Å². The molecule has 36 heavy (non-hydrogen) atoms. The summed E-state index contributed by atoms with van der Waals surface area (Å²) in [6.07, 6.45) is 5.94. The van der Waals surface area contributed by atoms with Crippen molar-refractivity contribution in [3.8, 4) is 0 Å². The number of likely N-dealkylation sites (tertiary alicyclic amines) is 1. The average Bonchev–Trinajstić information content (AvgIpc) is 3.50. The number of aromatic nitrogens is 3. The first-order chi connectivity index (χ1) is 17.2. The van der Waals surface area contributed by atoms with E-state index in [1.807, 2.05) is 17.2 Å². The Morgan fingerprint density at radius 1 is 1.25 bits per heavy atom. The van der Waals surface area contributed by atoms with Crippen molar-refractivity contribution < 1.29 is 9.53 Å². The maximum Gasteiger partial charge on any atom is 0.265 e. The molecule has 5 rings (SSSR count). The van der Waals surface area contributed by atoms with Crippen LogP contribution in [0.25, 0.3) is 21.9 Å². The van der Waals surface area contributed by atoms with Gasteiger partial charge in [-0.3, -0.25) is 9.59 Å². The fourth-order valence-corrected chi connectivity index (χ4v) is 6.63. The van der Waals surface area contributed by atoms with Crippen molar-refractivity contribution in [2.45, 2.75) is 57.7 Å². The van der Waals surface area contributed by atoms with Crippen LogP contribution in [0.15, 0.2) is 41.5 Å². The molecule has 7 nitrogen and oxygen atoms in total. The monoisotopic (exact) mass is 542 g/mol. The molecular weight excluding hydrogens is 512 g/mol. The molecule has 0 bridgehead atoms. The average molecular weight is 543 g/mol. The lowest BCUT2D eigenvalue weighted by Crippen LogP contribution is -2.42. The van der Waals surface area contributed by atoms with Crippen LogP contribution in [0.1, 0.15) is 40.8 Å². The first kappa shape index (κ1) is 25.2. The number of rotatable bonds is 7. The predicted molar refractivity (Wildman–Crippen MR) is 149 cm³/mol. The van der Waals surface area contributed by atoms with Gasteiger partial charge in [-0.1, -0.05) is 31.2 Å². The zero-order chi connectivity index (χ0) is 25.4. The van der Waals surface area contributed by atoms with Crippen molar-refractivity contribution in [1.29, 1.82) is 0 Å². The van der Waals surface area contributed by atoms with E-state index in [0.717, 1.165) is 41.9 Å². The molecule has 1 saturated heterocycles. The van der Waals surface area contributed by atoms with E-state index >= 15 is 0 Å². The number of hydrogen-bond acceptors (Lipinski definition) is 5. The molecule has 1 atom stereocenters. The van der Waals surface area contributed by atoms with Crippen molar-refractivity contribution in [2.24, 2.45) is 0 Å². The highest BCUT2D eigenvalue weighted by molar-refractivity contribution is 7.18. The molecule has 1 unspecified atom stereocenters. The Bertz CT molecular complexity index is 1470. The fourth-order valence-electron chi connectivity index (χ4n) is 4.87. The molecule has 10 heteroatoms. The molecule has 1 fully saturated rings. The molecule has 4 aromatic heterocycles. The number of pyridine rings is 2. The Hall–Kier alpha value is -2.46. The maximum absolute atomic E-state index is 13.7. The van der Waals surface area contributed by atoms with Crippen molar-refractivity contribution in [3.05, 3.63) is 61.8 Å². The van der Waals surface area contributed by atoms with E-state index in [1.54, 1.807) is 24.4 Å². The number of aromatic amines is 1. The van der Waals surface area contributed by atoms with E-state index in [1.165, 1.54) is 11.3 Å². The zero-order valence-corrected chi connectivity index (χ0v) is 23.4. The summed E-state index contributed by atoms with van der Waals surface area (Å²) in [6, 6.07) is 8.21. The number of carbonyl (C=O) groups excluding carboxylic acids is 1. The highest BCUT2D eigenvalue weighted by atomic mass is 35.5. The van der Waals surface area contributed by atoms with E-state index in [2.05, 4.69) is 34.2 Å². The number of nitrogens with one attached hydrogen (secondary N) is 1. The van der Waals surface area contributed by atoms with E-state index in [0.29, 0.717) is 40.0 Å². The summed E-state index contributed by atoms with van der Waals surface area (Å²) in [5.74, 6) is -0.0339. The van der Waals surface area contributed by atoms with Crippen molar-refractivity contribution >= 4 is 58.9 Å². The van der Waals surface area contributed by atoms with Crippen LogP contribution in [0, 0.1) is 0 Å². The second kappa shape index (κ2) is 10.1. The Morgan fingerprint density at radius 2 is 2.08 bits per heavy atom. The van der Waals surface area contributed by atoms with Gasteiger partial charge >= 0.3 is 0 Å². The van der Waals surface area contributed by atoms with Gasteiger partial charge in [-0.05, 0) is 43.5 Å². The van der Waals surface area contributed by atoms with E-state index < -0.39 is 8.07 Å². The number of thiophene rings is 1.